The van der Waals surface area contributed by atoms with E-state index in [9.17, 15) is 0 Å². The van der Waals surface area contributed by atoms with E-state index in [4.69, 9.17) is 8.83 Å². The molecule has 0 bridgehead atoms. The van der Waals surface area contributed by atoms with E-state index in [1.54, 1.807) is 0 Å². The number of hydrogen-bond acceptors (Lipinski definition) is 2. The summed E-state index contributed by atoms with van der Waals surface area (Å²) in [4.78, 5) is 0. The summed E-state index contributed by atoms with van der Waals surface area (Å²) >= 11 is 0. The van der Waals surface area contributed by atoms with Crippen LogP contribution in [0.1, 0.15) is 44.2 Å². The molecule has 3 unspecified atom stereocenters. The van der Waals surface area contributed by atoms with Gasteiger partial charge in [0.05, 0.1) is 0 Å². The second-order valence-electron chi connectivity index (χ2n) is 4.57. The number of benzene rings is 1. The molecule has 3 atom stereocenters. The van der Waals surface area contributed by atoms with Crippen molar-refractivity contribution in [3.63, 3.8) is 0 Å². The van der Waals surface area contributed by atoms with Gasteiger partial charge in [0.25, 0.3) is 0 Å². The Bertz CT molecular complexity index is 356. The van der Waals surface area contributed by atoms with E-state index < -0.39 is 0 Å². The van der Waals surface area contributed by atoms with E-state index in [1.807, 2.05) is 6.07 Å². The smallest absolute Gasteiger partial charge is 0.218 e. The molecular weight excluding hydrogens is 262 g/mol. The molecule has 4 heteroatoms. The number of hydrogen-bond donors (Lipinski definition) is 0. The van der Waals surface area contributed by atoms with Gasteiger partial charge >= 0.3 is 0 Å². The molecule has 102 valence electrons. The topological polar surface area (TPSA) is 18.5 Å². The Hall–Kier alpha value is -0.160. The third-order valence-corrected chi connectivity index (χ3v) is 5.02. The summed E-state index contributed by atoms with van der Waals surface area (Å²) in [5.74, 6) is 0.937. The van der Waals surface area contributed by atoms with Gasteiger partial charge in [0, 0.05) is 14.5 Å². The summed E-state index contributed by atoms with van der Waals surface area (Å²) in [6.45, 7) is 8.61. The summed E-state index contributed by atoms with van der Waals surface area (Å²) in [6, 6.07) is 6.22. The third-order valence-electron chi connectivity index (χ3n) is 2.88. The molecule has 0 fully saturated rings. The fourth-order valence-corrected chi connectivity index (χ4v) is 3.70. The highest BCUT2D eigenvalue weighted by Gasteiger charge is 2.06. The van der Waals surface area contributed by atoms with Crippen molar-refractivity contribution in [2.75, 3.05) is 0 Å². The molecule has 0 aliphatic carbocycles. The molecule has 0 N–H and O–H groups in total. The first kappa shape index (κ1) is 15.9. The van der Waals surface area contributed by atoms with Crippen molar-refractivity contribution < 1.29 is 8.83 Å². The van der Waals surface area contributed by atoms with Gasteiger partial charge in [-0.3, -0.25) is 0 Å². The molecule has 2 nitrogen and oxygen atoms in total. The highest BCUT2D eigenvalue weighted by Crippen LogP contribution is 2.36. The third kappa shape index (κ3) is 5.65. The molecule has 0 aliphatic heterocycles. The van der Waals surface area contributed by atoms with Gasteiger partial charge < -0.3 is 8.83 Å². The first-order chi connectivity index (χ1) is 8.67. The molecule has 0 aliphatic rings. The van der Waals surface area contributed by atoms with Crippen LogP contribution in [-0.2, 0) is 4.31 Å². The Balaban J connectivity index is 2.29. The largest absolute Gasteiger partial charge is 0.449 e. The lowest BCUT2D eigenvalue weighted by Crippen LogP contribution is -1.97. The van der Waals surface area contributed by atoms with Crippen molar-refractivity contribution in [1.82, 2.24) is 0 Å². The fourth-order valence-electron chi connectivity index (χ4n) is 1.78. The van der Waals surface area contributed by atoms with E-state index in [-0.39, 0.29) is 9.03 Å². The average Bonchev–Trinajstić information content (AvgIpc) is 2.35. The average molecular weight is 286 g/mol. The second kappa shape index (κ2) is 8.86. The van der Waals surface area contributed by atoms with Crippen LogP contribution in [0.3, 0.4) is 0 Å². The van der Waals surface area contributed by atoms with E-state index in [1.165, 1.54) is 30.4 Å². The molecule has 0 saturated heterocycles. The standard InChI is InChI=1S/C14H24O2P2/c1-5-7-13(6-2)17-16-18-15-14-9-8-11(3)10-12(14)4/h8-10,13,17-18H,5-7H2,1-4H3. The van der Waals surface area contributed by atoms with Crippen molar-refractivity contribution in [3.8, 4) is 5.75 Å². The lowest BCUT2D eigenvalue weighted by atomic mass is 10.1. The Morgan fingerprint density at radius 3 is 2.61 bits per heavy atom. The zero-order valence-electron chi connectivity index (χ0n) is 11.7. The van der Waals surface area contributed by atoms with Crippen molar-refractivity contribution in [3.05, 3.63) is 29.3 Å². The Labute approximate surface area is 115 Å². The zero-order valence-corrected chi connectivity index (χ0v) is 13.7. The quantitative estimate of drug-likeness (QED) is 0.472. The van der Waals surface area contributed by atoms with Crippen LogP contribution in [0.5, 0.6) is 5.75 Å². The maximum absolute atomic E-state index is 5.68. The first-order valence-corrected chi connectivity index (χ1v) is 8.38. The van der Waals surface area contributed by atoms with Crippen molar-refractivity contribution in [2.24, 2.45) is 0 Å². The van der Waals surface area contributed by atoms with Gasteiger partial charge in [-0.05, 0) is 38.3 Å². The monoisotopic (exact) mass is 286 g/mol. The molecule has 18 heavy (non-hydrogen) atoms. The number of rotatable bonds is 8. The molecule has 0 amide bonds. The second-order valence-corrected chi connectivity index (χ2v) is 6.81. The predicted molar refractivity (Wildman–Crippen MR) is 83.2 cm³/mol. The molecular formula is C14H24O2P2. The maximum atomic E-state index is 5.68. The minimum absolute atomic E-state index is 0.115. The maximum Gasteiger partial charge on any atom is 0.218 e. The highest BCUT2D eigenvalue weighted by atomic mass is 31.2. The van der Waals surface area contributed by atoms with Crippen LogP contribution in [0, 0.1) is 13.8 Å². The van der Waals surface area contributed by atoms with Crippen molar-refractivity contribution >= 4 is 17.8 Å². The normalized spacial score (nSPS) is 13.8. The van der Waals surface area contributed by atoms with Crippen LogP contribution >= 0.6 is 17.8 Å². The van der Waals surface area contributed by atoms with Crippen LogP contribution < -0.4 is 4.52 Å². The van der Waals surface area contributed by atoms with Gasteiger partial charge in [-0.1, -0.05) is 38.0 Å². The molecule has 1 rings (SSSR count). The van der Waals surface area contributed by atoms with Gasteiger partial charge in [-0.15, -0.1) is 0 Å². The molecule has 0 spiro atoms. The molecule has 1 aromatic rings. The van der Waals surface area contributed by atoms with Gasteiger partial charge in [0.15, 0.2) is 0 Å². The van der Waals surface area contributed by atoms with Crippen LogP contribution in [0.25, 0.3) is 0 Å². The minimum Gasteiger partial charge on any atom is -0.449 e. The number of aryl methyl sites for hydroxylation is 2. The summed E-state index contributed by atoms with van der Waals surface area (Å²) in [6.07, 6.45) is 3.68. The molecule has 0 saturated carbocycles. The van der Waals surface area contributed by atoms with E-state index in [2.05, 4.69) is 39.8 Å². The van der Waals surface area contributed by atoms with Crippen LogP contribution in [0.2, 0.25) is 0 Å². The van der Waals surface area contributed by atoms with Crippen LogP contribution in [-0.4, -0.2) is 5.66 Å². The van der Waals surface area contributed by atoms with Gasteiger partial charge in [0.2, 0.25) is 9.03 Å². The van der Waals surface area contributed by atoms with Gasteiger partial charge in [0.1, 0.15) is 5.75 Å². The molecule has 0 radical (unpaired) electrons. The Kier molecular flexibility index (Phi) is 7.82. The van der Waals surface area contributed by atoms with Gasteiger partial charge in [-0.2, -0.15) is 0 Å². The van der Waals surface area contributed by atoms with Crippen LogP contribution in [0.4, 0.5) is 0 Å². The molecule has 0 heterocycles. The predicted octanol–water partition coefficient (Wildman–Crippen LogP) is 5.38. The Morgan fingerprint density at radius 2 is 2.00 bits per heavy atom. The summed E-state index contributed by atoms with van der Waals surface area (Å²) in [5, 5.41) is 0. The van der Waals surface area contributed by atoms with E-state index in [0.717, 1.165) is 5.75 Å². The lowest BCUT2D eigenvalue weighted by Gasteiger charge is -2.14. The summed E-state index contributed by atoms with van der Waals surface area (Å²) < 4.78 is 11.3. The lowest BCUT2D eigenvalue weighted by molar-refractivity contribution is 0.536. The fraction of sp³-hybridized carbons (Fsp3) is 0.571. The summed E-state index contributed by atoms with van der Waals surface area (Å²) in [7, 11) is 0.679. The highest BCUT2D eigenvalue weighted by molar-refractivity contribution is 7.44. The molecule has 0 aromatic heterocycles. The van der Waals surface area contributed by atoms with E-state index in [0.29, 0.717) is 14.5 Å². The van der Waals surface area contributed by atoms with Crippen molar-refractivity contribution in [1.29, 1.82) is 0 Å². The minimum atomic E-state index is 0.115. The SMILES string of the molecule is CCCC(CC)POPOc1ccc(C)cc1C. The first-order valence-electron chi connectivity index (χ1n) is 6.57. The Morgan fingerprint density at radius 1 is 1.22 bits per heavy atom. The van der Waals surface area contributed by atoms with Gasteiger partial charge in [-0.25, -0.2) is 0 Å². The van der Waals surface area contributed by atoms with Crippen molar-refractivity contribution in [2.45, 2.75) is 52.6 Å². The molecule has 1 aromatic carbocycles. The zero-order chi connectivity index (χ0) is 13.4. The van der Waals surface area contributed by atoms with E-state index >= 15 is 0 Å². The van der Waals surface area contributed by atoms with Crippen LogP contribution in [0.15, 0.2) is 18.2 Å². The summed E-state index contributed by atoms with van der Waals surface area (Å²) in [5.41, 5.74) is 3.14.